The van der Waals surface area contributed by atoms with Gasteiger partial charge in [-0.05, 0) is 82.2 Å². The second-order valence-electron chi connectivity index (χ2n) is 14.0. The number of nitrogens with zero attached hydrogens (tertiary/aromatic N) is 3. The highest BCUT2D eigenvalue weighted by Gasteiger charge is 2.18. The van der Waals surface area contributed by atoms with Gasteiger partial charge in [0.05, 0.1) is 27.8 Å². The van der Waals surface area contributed by atoms with Crippen molar-refractivity contribution >= 4 is 54.4 Å². The van der Waals surface area contributed by atoms with Crippen LogP contribution >= 0.6 is 0 Å². The fraction of sp³-hybridized carbons (Fsp3) is 0. The lowest BCUT2D eigenvalue weighted by Crippen LogP contribution is -1.99. The smallest absolute Gasteiger partial charge is 0.138 e. The van der Waals surface area contributed by atoms with Crippen molar-refractivity contribution in [1.82, 2.24) is 14.1 Å². The van der Waals surface area contributed by atoms with Crippen molar-refractivity contribution in [2.24, 2.45) is 0 Å². The predicted molar refractivity (Wildman–Crippen MR) is 227 cm³/mol. The lowest BCUT2D eigenvalue weighted by atomic mass is 10.0. The third kappa shape index (κ3) is 4.79. The van der Waals surface area contributed by atoms with E-state index in [1.54, 1.807) is 0 Å². The highest BCUT2D eigenvalue weighted by molar-refractivity contribution is 6.13. The zero-order chi connectivity index (χ0) is 35.6. The molecule has 0 radical (unpaired) electrons. The van der Waals surface area contributed by atoms with E-state index in [1.807, 2.05) is 0 Å². The summed E-state index contributed by atoms with van der Waals surface area (Å²) in [6.45, 7) is 0. The maximum Gasteiger partial charge on any atom is 0.138 e. The van der Waals surface area contributed by atoms with Gasteiger partial charge in [0.15, 0.2) is 0 Å². The first-order chi connectivity index (χ1) is 26.8. The van der Waals surface area contributed by atoms with Gasteiger partial charge in [-0.3, -0.25) is 4.57 Å². The minimum absolute atomic E-state index is 0.914. The number of hydrogen-bond donors (Lipinski definition) is 0. The van der Waals surface area contributed by atoms with Crippen molar-refractivity contribution in [2.45, 2.75) is 0 Å². The Bertz CT molecular complexity index is 3210. The second kappa shape index (κ2) is 12.2. The van der Waals surface area contributed by atoms with Crippen LogP contribution in [0.5, 0.6) is 0 Å². The molecular weight excluding hydrogens is 655 g/mol. The average Bonchev–Trinajstić information content (AvgIpc) is 3.76. The van der Waals surface area contributed by atoms with Crippen LogP contribution < -0.4 is 0 Å². The largest absolute Gasteiger partial charge is 0.309 e. The first-order valence-electron chi connectivity index (χ1n) is 18.5. The van der Waals surface area contributed by atoms with Gasteiger partial charge in [0, 0.05) is 38.2 Å². The summed E-state index contributed by atoms with van der Waals surface area (Å²) in [5.41, 5.74) is 12.7. The Hall–Kier alpha value is -7.23. The van der Waals surface area contributed by atoms with Crippen LogP contribution in [-0.2, 0) is 0 Å². The molecule has 0 spiro atoms. The lowest BCUT2D eigenvalue weighted by Gasteiger charge is -2.13. The topological polar surface area (TPSA) is 22.8 Å². The number of fused-ring (bicyclic) bond motifs is 7. The molecule has 0 N–H and O–H groups in total. The van der Waals surface area contributed by atoms with Crippen molar-refractivity contribution < 1.29 is 0 Å². The molecule has 0 unspecified atom stereocenters. The molecule has 54 heavy (non-hydrogen) atoms. The molecule has 0 saturated heterocycles. The fourth-order valence-corrected chi connectivity index (χ4v) is 8.40. The van der Waals surface area contributed by atoms with E-state index in [4.69, 9.17) is 4.98 Å². The number of benzene rings is 8. The Morgan fingerprint density at radius 1 is 0.296 bits per heavy atom. The van der Waals surface area contributed by atoms with E-state index >= 15 is 0 Å². The third-order valence-electron chi connectivity index (χ3n) is 10.9. The summed E-state index contributed by atoms with van der Waals surface area (Å²) >= 11 is 0. The maximum absolute atomic E-state index is 5.37. The number of rotatable bonds is 5. The van der Waals surface area contributed by atoms with E-state index in [-0.39, 0.29) is 0 Å². The molecule has 0 atom stereocenters. The molecule has 0 aliphatic carbocycles. The summed E-state index contributed by atoms with van der Waals surface area (Å²) in [5.74, 6) is 0.914. The Kier molecular flexibility index (Phi) is 6.86. The van der Waals surface area contributed by atoms with Crippen LogP contribution in [0.2, 0.25) is 0 Å². The molecule has 0 aliphatic rings. The van der Waals surface area contributed by atoms with E-state index < -0.39 is 0 Å². The molecule has 3 heteroatoms. The minimum Gasteiger partial charge on any atom is -0.309 e. The molecule has 8 aromatic carbocycles. The summed E-state index contributed by atoms with van der Waals surface area (Å²) in [4.78, 5) is 5.37. The van der Waals surface area contributed by atoms with E-state index in [0.29, 0.717) is 0 Å². The van der Waals surface area contributed by atoms with Gasteiger partial charge < -0.3 is 4.57 Å². The van der Waals surface area contributed by atoms with Crippen molar-refractivity contribution in [3.8, 4) is 45.0 Å². The molecule has 252 valence electrons. The van der Waals surface area contributed by atoms with Gasteiger partial charge in [-0.2, -0.15) is 0 Å². The molecule has 3 nitrogen and oxygen atoms in total. The summed E-state index contributed by atoms with van der Waals surface area (Å²) in [6, 6.07) is 72.0. The normalized spacial score (nSPS) is 11.7. The Morgan fingerprint density at radius 3 is 1.48 bits per heavy atom. The molecule has 3 heterocycles. The monoisotopic (exact) mass is 687 g/mol. The van der Waals surface area contributed by atoms with Gasteiger partial charge in [0.25, 0.3) is 0 Å². The summed E-state index contributed by atoms with van der Waals surface area (Å²) < 4.78 is 4.73. The molecule has 0 amide bonds. The van der Waals surface area contributed by atoms with Gasteiger partial charge in [-0.1, -0.05) is 146 Å². The van der Waals surface area contributed by atoms with Crippen molar-refractivity contribution in [3.63, 3.8) is 0 Å². The van der Waals surface area contributed by atoms with Gasteiger partial charge in [0.2, 0.25) is 0 Å². The molecule has 0 fully saturated rings. The van der Waals surface area contributed by atoms with E-state index in [2.05, 4.69) is 209 Å². The highest BCUT2D eigenvalue weighted by Crippen LogP contribution is 2.39. The third-order valence-corrected chi connectivity index (χ3v) is 10.9. The molecule has 11 aromatic rings. The van der Waals surface area contributed by atoms with Crippen molar-refractivity contribution in [2.75, 3.05) is 0 Å². The van der Waals surface area contributed by atoms with Gasteiger partial charge in [-0.25, -0.2) is 4.98 Å². The highest BCUT2D eigenvalue weighted by atomic mass is 15.1. The SMILES string of the molecule is c1ccc(-c2cccc(-n3c4ccccc4c4cc(-c5ccc6c(c5)c5ccccc5n6-c5cc6ccccc6c(-c6ccccc6)n5)ccc43)c2)cc1. The predicted octanol–water partition coefficient (Wildman–Crippen LogP) is 13.4. The summed E-state index contributed by atoms with van der Waals surface area (Å²) in [5, 5.41) is 7.22. The van der Waals surface area contributed by atoms with E-state index in [1.165, 1.54) is 60.2 Å². The van der Waals surface area contributed by atoms with Crippen LogP contribution in [0.15, 0.2) is 200 Å². The van der Waals surface area contributed by atoms with Gasteiger partial charge in [-0.15, -0.1) is 0 Å². The second-order valence-corrected chi connectivity index (χ2v) is 14.0. The first kappa shape index (κ1) is 30.4. The van der Waals surface area contributed by atoms with Crippen LogP contribution in [0, 0.1) is 0 Å². The molecule has 0 aliphatic heterocycles. The molecule has 0 saturated carbocycles. The van der Waals surface area contributed by atoms with Crippen molar-refractivity contribution in [3.05, 3.63) is 200 Å². The molecule has 0 bridgehead atoms. The fourth-order valence-electron chi connectivity index (χ4n) is 8.40. The number of pyridine rings is 1. The Balaban J connectivity index is 1.08. The lowest BCUT2D eigenvalue weighted by molar-refractivity contribution is 1.09. The van der Waals surface area contributed by atoms with Crippen LogP contribution in [0.1, 0.15) is 0 Å². The minimum atomic E-state index is 0.914. The van der Waals surface area contributed by atoms with Crippen LogP contribution in [-0.4, -0.2) is 14.1 Å². The van der Waals surface area contributed by atoms with Crippen LogP contribution in [0.25, 0.3) is 99.4 Å². The van der Waals surface area contributed by atoms with E-state index in [0.717, 1.165) is 39.2 Å². The first-order valence-corrected chi connectivity index (χ1v) is 18.5. The number of hydrogen-bond acceptors (Lipinski definition) is 1. The maximum atomic E-state index is 5.37. The summed E-state index contributed by atoms with van der Waals surface area (Å²) in [7, 11) is 0. The van der Waals surface area contributed by atoms with E-state index in [9.17, 15) is 0 Å². The molecular formula is C51H33N3. The van der Waals surface area contributed by atoms with Crippen molar-refractivity contribution in [1.29, 1.82) is 0 Å². The molecule has 3 aromatic heterocycles. The standard InChI is InChI=1S/C51H33N3/c1-3-14-34(15-4-1)36-19-13-20-40(30-36)53-46-24-11-9-22-42(46)44-31-37(26-28-48(44)53)38-27-29-49-45(32-38)43-23-10-12-25-47(43)54(49)50-33-39-18-7-8-21-41(39)51(52-50)35-16-5-2-6-17-35/h1-33H. The molecule has 11 rings (SSSR count). The summed E-state index contributed by atoms with van der Waals surface area (Å²) in [6.07, 6.45) is 0. The van der Waals surface area contributed by atoms with Crippen LogP contribution in [0.3, 0.4) is 0 Å². The Morgan fingerprint density at radius 2 is 0.796 bits per heavy atom. The zero-order valence-electron chi connectivity index (χ0n) is 29.4. The quantitative estimate of drug-likeness (QED) is 0.177. The average molecular weight is 688 g/mol. The van der Waals surface area contributed by atoms with Gasteiger partial charge >= 0.3 is 0 Å². The Labute approximate surface area is 312 Å². The van der Waals surface area contributed by atoms with Gasteiger partial charge in [0.1, 0.15) is 5.82 Å². The number of para-hydroxylation sites is 2. The zero-order valence-corrected chi connectivity index (χ0v) is 29.4. The number of aromatic nitrogens is 3. The van der Waals surface area contributed by atoms with Crippen LogP contribution in [0.4, 0.5) is 0 Å².